The molecule has 1 saturated heterocycles. The molecule has 0 bridgehead atoms. The number of unbranched alkanes of at least 4 members (excludes halogenated alkanes) is 34. The highest BCUT2D eigenvalue weighted by atomic mass is 16.7. The summed E-state index contributed by atoms with van der Waals surface area (Å²) in [6.07, 6.45) is 58.0. The van der Waals surface area contributed by atoms with Crippen molar-refractivity contribution in [2.75, 3.05) is 19.8 Å². The maximum atomic E-state index is 13.0. The quantitative estimate of drug-likeness (QED) is 0.0195. The van der Waals surface area contributed by atoms with Crippen molar-refractivity contribution in [2.45, 2.75) is 326 Å². The van der Waals surface area contributed by atoms with Crippen molar-refractivity contribution < 1.29 is 49.3 Å². The van der Waals surface area contributed by atoms with Crippen LogP contribution in [0.4, 0.5) is 0 Å². The van der Waals surface area contributed by atoms with Gasteiger partial charge in [0.05, 0.1) is 32.0 Å². The Balaban J connectivity index is 1.98. The standard InChI is InChI=1S/C64H117NO10/c1-3-5-7-9-11-13-14-28-32-36-40-44-48-52-60(69)73-53-49-45-41-37-33-30-27-25-23-21-19-17-15-16-18-20-22-24-26-29-31-35-39-43-47-51-59(68)65-56(57(67)50-46-42-38-34-12-10-8-6-4-2)55-74-64-63(72)62(71)61(70)58(54-66)75-64/h7,9,13-14,16,18,46,50,56-58,61-64,66-67,70-72H,3-6,8,10-12,15,17,19-45,47-49,51-55H2,1-2H3,(H,65,68)/b9-7-,14-13-,18-16-,50-46+. The van der Waals surface area contributed by atoms with Gasteiger partial charge in [0.25, 0.3) is 0 Å². The minimum atomic E-state index is -1.57. The van der Waals surface area contributed by atoms with Crippen LogP contribution >= 0.6 is 0 Å². The Hall–Kier alpha value is -2.38. The van der Waals surface area contributed by atoms with Gasteiger partial charge in [0.15, 0.2) is 6.29 Å². The molecule has 1 amide bonds. The minimum Gasteiger partial charge on any atom is -0.466 e. The highest BCUT2D eigenvalue weighted by Crippen LogP contribution is 2.23. The molecule has 1 fully saturated rings. The molecular formula is C64H117NO10. The third-order valence-corrected chi connectivity index (χ3v) is 14.6. The Morgan fingerprint density at radius 2 is 0.920 bits per heavy atom. The Labute approximate surface area is 459 Å². The molecule has 1 rings (SSSR count). The normalized spacial score (nSPS) is 19.1. The Morgan fingerprint density at radius 3 is 1.41 bits per heavy atom. The van der Waals surface area contributed by atoms with Crippen LogP contribution in [0.15, 0.2) is 48.6 Å². The number of allylic oxidation sites excluding steroid dienone is 7. The van der Waals surface area contributed by atoms with E-state index in [0.717, 1.165) is 70.6 Å². The fourth-order valence-corrected chi connectivity index (χ4v) is 9.64. The van der Waals surface area contributed by atoms with Crippen LogP contribution in [0.2, 0.25) is 0 Å². The zero-order valence-corrected chi connectivity index (χ0v) is 48.3. The first-order chi connectivity index (χ1) is 36.7. The summed E-state index contributed by atoms with van der Waals surface area (Å²) in [5.74, 6) is -0.200. The number of nitrogens with one attached hydrogen (secondary N) is 1. The molecule has 0 aliphatic carbocycles. The van der Waals surface area contributed by atoms with E-state index in [0.29, 0.717) is 19.4 Å². The van der Waals surface area contributed by atoms with Gasteiger partial charge in [-0.1, -0.05) is 236 Å². The molecule has 75 heavy (non-hydrogen) atoms. The van der Waals surface area contributed by atoms with Crippen molar-refractivity contribution >= 4 is 11.9 Å². The lowest BCUT2D eigenvalue weighted by Gasteiger charge is -2.40. The van der Waals surface area contributed by atoms with Gasteiger partial charge in [0.1, 0.15) is 24.4 Å². The highest BCUT2D eigenvalue weighted by Gasteiger charge is 2.44. The summed E-state index contributed by atoms with van der Waals surface area (Å²) in [6, 6.07) is -0.811. The Bertz CT molecular complexity index is 1390. The van der Waals surface area contributed by atoms with Gasteiger partial charge in [-0.3, -0.25) is 9.59 Å². The number of hydrogen-bond acceptors (Lipinski definition) is 10. The van der Waals surface area contributed by atoms with E-state index in [1.54, 1.807) is 6.08 Å². The topological polar surface area (TPSA) is 175 Å². The number of amides is 1. The van der Waals surface area contributed by atoms with Gasteiger partial charge in [-0.25, -0.2) is 0 Å². The van der Waals surface area contributed by atoms with E-state index in [2.05, 4.69) is 55.6 Å². The molecule has 0 spiro atoms. The number of carbonyl (C=O) groups is 2. The summed E-state index contributed by atoms with van der Waals surface area (Å²) in [7, 11) is 0. The van der Waals surface area contributed by atoms with E-state index in [9.17, 15) is 35.1 Å². The van der Waals surface area contributed by atoms with E-state index < -0.39 is 49.5 Å². The van der Waals surface area contributed by atoms with E-state index in [1.807, 2.05) is 6.08 Å². The Kier molecular flexibility index (Phi) is 50.5. The fraction of sp³-hybridized carbons (Fsp3) is 0.844. The molecule has 0 aromatic heterocycles. The van der Waals surface area contributed by atoms with E-state index in [4.69, 9.17) is 14.2 Å². The molecule has 6 N–H and O–H groups in total. The third kappa shape index (κ3) is 43.2. The maximum absolute atomic E-state index is 13.0. The molecular weight excluding hydrogens is 943 g/mol. The molecule has 0 aromatic rings. The van der Waals surface area contributed by atoms with Crippen molar-refractivity contribution in [1.82, 2.24) is 5.32 Å². The van der Waals surface area contributed by atoms with Crippen LogP contribution in [0, 0.1) is 0 Å². The van der Waals surface area contributed by atoms with Crippen LogP contribution < -0.4 is 5.32 Å². The molecule has 7 atom stereocenters. The number of hydrogen-bond donors (Lipinski definition) is 6. The Morgan fingerprint density at radius 1 is 0.493 bits per heavy atom. The molecule has 11 heteroatoms. The molecule has 11 nitrogen and oxygen atoms in total. The second-order valence-electron chi connectivity index (χ2n) is 21.8. The van der Waals surface area contributed by atoms with Crippen LogP contribution in [-0.2, 0) is 23.8 Å². The maximum Gasteiger partial charge on any atom is 0.305 e. The van der Waals surface area contributed by atoms with Gasteiger partial charge in [-0.15, -0.1) is 0 Å². The lowest BCUT2D eigenvalue weighted by molar-refractivity contribution is -0.302. The van der Waals surface area contributed by atoms with Gasteiger partial charge >= 0.3 is 5.97 Å². The third-order valence-electron chi connectivity index (χ3n) is 14.6. The molecule has 1 aliphatic heterocycles. The fourth-order valence-electron chi connectivity index (χ4n) is 9.64. The monoisotopic (exact) mass is 1060 g/mol. The van der Waals surface area contributed by atoms with Gasteiger partial charge in [-0.05, 0) is 83.5 Å². The van der Waals surface area contributed by atoms with Crippen LogP contribution in [0.3, 0.4) is 0 Å². The van der Waals surface area contributed by atoms with Crippen LogP contribution in [0.5, 0.6) is 0 Å². The molecule has 1 aliphatic rings. The van der Waals surface area contributed by atoms with Crippen LogP contribution in [0.25, 0.3) is 0 Å². The summed E-state index contributed by atoms with van der Waals surface area (Å²) < 4.78 is 16.7. The zero-order chi connectivity index (χ0) is 54.5. The van der Waals surface area contributed by atoms with Crippen molar-refractivity contribution in [3.8, 4) is 0 Å². The number of esters is 1. The summed E-state index contributed by atoms with van der Waals surface area (Å²) in [5.41, 5.74) is 0. The van der Waals surface area contributed by atoms with Crippen LogP contribution in [0.1, 0.15) is 284 Å². The average molecular weight is 1060 g/mol. The number of aliphatic hydroxyl groups is 5. The highest BCUT2D eigenvalue weighted by molar-refractivity contribution is 5.76. The van der Waals surface area contributed by atoms with E-state index in [-0.39, 0.29) is 18.5 Å². The first-order valence-corrected chi connectivity index (χ1v) is 31.4. The SMILES string of the molecule is CCC/C=C\C/C=C\CCCCCCCC(=O)OCCCCCCCCCCCCCC/C=C\CCCCCCCCCCCC(=O)NC(COC1OC(CO)C(O)C(O)C1O)C(O)/C=C/CCCCCCCCC. The minimum absolute atomic E-state index is 0.0130. The number of ether oxygens (including phenoxy) is 3. The van der Waals surface area contributed by atoms with Crippen molar-refractivity contribution in [3.05, 3.63) is 48.6 Å². The van der Waals surface area contributed by atoms with Crippen LogP contribution in [-0.4, -0.2) is 100 Å². The van der Waals surface area contributed by atoms with Gasteiger partial charge in [0, 0.05) is 12.8 Å². The smallest absolute Gasteiger partial charge is 0.305 e. The first kappa shape index (κ1) is 70.6. The largest absolute Gasteiger partial charge is 0.466 e. The summed E-state index contributed by atoms with van der Waals surface area (Å²) in [4.78, 5) is 25.0. The van der Waals surface area contributed by atoms with Gasteiger partial charge in [-0.2, -0.15) is 0 Å². The van der Waals surface area contributed by atoms with Gasteiger partial charge in [0.2, 0.25) is 5.91 Å². The second-order valence-corrected chi connectivity index (χ2v) is 21.8. The molecule has 7 unspecified atom stereocenters. The second kappa shape index (κ2) is 53.6. The number of rotatable bonds is 54. The molecule has 0 radical (unpaired) electrons. The lowest BCUT2D eigenvalue weighted by Crippen LogP contribution is -2.60. The molecule has 1 heterocycles. The summed E-state index contributed by atoms with van der Waals surface area (Å²) >= 11 is 0. The predicted octanol–water partition coefficient (Wildman–Crippen LogP) is 14.8. The molecule has 0 saturated carbocycles. The van der Waals surface area contributed by atoms with Crippen molar-refractivity contribution in [1.29, 1.82) is 0 Å². The average Bonchev–Trinajstić information content (AvgIpc) is 3.41. The summed E-state index contributed by atoms with van der Waals surface area (Å²) in [6.45, 7) is 4.25. The van der Waals surface area contributed by atoms with Crippen molar-refractivity contribution in [3.63, 3.8) is 0 Å². The molecule has 0 aromatic carbocycles. The zero-order valence-electron chi connectivity index (χ0n) is 48.3. The van der Waals surface area contributed by atoms with Crippen molar-refractivity contribution in [2.24, 2.45) is 0 Å². The molecule has 438 valence electrons. The number of carbonyl (C=O) groups excluding carboxylic acids is 2. The van der Waals surface area contributed by atoms with E-state index >= 15 is 0 Å². The van der Waals surface area contributed by atoms with E-state index in [1.165, 1.54) is 186 Å². The first-order valence-electron chi connectivity index (χ1n) is 31.4. The summed E-state index contributed by atoms with van der Waals surface area (Å²) in [5, 5.41) is 54.2. The predicted molar refractivity (Wildman–Crippen MR) is 310 cm³/mol. The van der Waals surface area contributed by atoms with Gasteiger partial charge < -0.3 is 45.1 Å². The number of aliphatic hydroxyl groups excluding tert-OH is 5. The lowest BCUT2D eigenvalue weighted by atomic mass is 9.99.